The zero-order chi connectivity index (χ0) is 21.1. The van der Waals surface area contributed by atoms with E-state index in [-0.39, 0.29) is 12.5 Å². The van der Waals surface area contributed by atoms with Crippen molar-refractivity contribution in [2.75, 3.05) is 5.32 Å². The van der Waals surface area contributed by atoms with E-state index in [2.05, 4.69) is 24.4 Å². The van der Waals surface area contributed by atoms with Gasteiger partial charge in [0.05, 0.1) is 5.52 Å². The third-order valence-corrected chi connectivity index (χ3v) is 5.27. The lowest BCUT2D eigenvalue weighted by atomic mass is 10.1. The van der Waals surface area contributed by atoms with E-state index in [0.717, 1.165) is 39.0 Å². The largest absolute Gasteiger partial charge is 0.488 e. The number of aromatic nitrogens is 1. The first-order chi connectivity index (χ1) is 14.5. The number of rotatable bonds is 6. The summed E-state index contributed by atoms with van der Waals surface area (Å²) in [5, 5.41) is 4.08. The van der Waals surface area contributed by atoms with Crippen LogP contribution in [0.4, 0.5) is 5.69 Å². The number of carbonyl (C=O) groups excluding carboxylic acids is 1. The van der Waals surface area contributed by atoms with E-state index >= 15 is 0 Å². The number of hydrogen-bond acceptors (Lipinski definition) is 2. The van der Waals surface area contributed by atoms with Crippen LogP contribution >= 0.6 is 0 Å². The van der Waals surface area contributed by atoms with Gasteiger partial charge in [-0.3, -0.25) is 4.79 Å². The standard InChI is InChI=1S/C26H26N2O2/c1-18-14-19(2)26(20(3)15-18)27-25(29)16-28-13-12-22-23(28)10-7-11-24(22)30-17-21-8-5-4-6-9-21/h4-15H,16-17H2,1-3H3,(H,27,29). The van der Waals surface area contributed by atoms with Crippen LogP contribution in [0.1, 0.15) is 22.3 Å². The van der Waals surface area contributed by atoms with Gasteiger partial charge in [-0.15, -0.1) is 0 Å². The third kappa shape index (κ3) is 4.23. The maximum absolute atomic E-state index is 12.7. The van der Waals surface area contributed by atoms with E-state index < -0.39 is 0 Å². The van der Waals surface area contributed by atoms with Crippen LogP contribution in [0.25, 0.3) is 10.9 Å². The molecule has 152 valence electrons. The zero-order valence-electron chi connectivity index (χ0n) is 17.6. The molecule has 0 saturated heterocycles. The van der Waals surface area contributed by atoms with Crippen molar-refractivity contribution in [3.8, 4) is 5.75 Å². The molecule has 4 rings (SSSR count). The molecule has 0 aliphatic rings. The van der Waals surface area contributed by atoms with Crippen LogP contribution in [0.2, 0.25) is 0 Å². The summed E-state index contributed by atoms with van der Waals surface area (Å²) in [5.41, 5.74) is 6.35. The van der Waals surface area contributed by atoms with Gasteiger partial charge < -0.3 is 14.6 Å². The normalized spacial score (nSPS) is 10.9. The predicted molar refractivity (Wildman–Crippen MR) is 122 cm³/mol. The number of amides is 1. The van der Waals surface area contributed by atoms with Crippen LogP contribution in [-0.2, 0) is 17.9 Å². The molecule has 3 aromatic carbocycles. The molecule has 4 heteroatoms. The van der Waals surface area contributed by atoms with Crippen molar-refractivity contribution in [3.05, 3.63) is 95.2 Å². The maximum Gasteiger partial charge on any atom is 0.244 e. The van der Waals surface area contributed by atoms with Gasteiger partial charge in [0, 0.05) is 17.3 Å². The van der Waals surface area contributed by atoms with E-state index in [1.165, 1.54) is 5.56 Å². The number of nitrogens with zero attached hydrogens (tertiary/aromatic N) is 1. The molecule has 0 atom stereocenters. The fraction of sp³-hybridized carbons (Fsp3) is 0.192. The Morgan fingerprint density at radius 1 is 0.933 bits per heavy atom. The summed E-state index contributed by atoms with van der Waals surface area (Å²) in [7, 11) is 0. The number of aryl methyl sites for hydroxylation is 3. The lowest BCUT2D eigenvalue weighted by molar-refractivity contribution is -0.116. The first-order valence-corrected chi connectivity index (χ1v) is 10.1. The fourth-order valence-electron chi connectivity index (χ4n) is 3.91. The van der Waals surface area contributed by atoms with Gasteiger partial charge in [-0.05, 0) is 55.7 Å². The minimum Gasteiger partial charge on any atom is -0.488 e. The Morgan fingerprint density at radius 3 is 2.40 bits per heavy atom. The molecular formula is C26H26N2O2. The molecule has 0 spiro atoms. The van der Waals surface area contributed by atoms with Crippen molar-refractivity contribution < 1.29 is 9.53 Å². The fourth-order valence-corrected chi connectivity index (χ4v) is 3.91. The van der Waals surface area contributed by atoms with Gasteiger partial charge in [-0.1, -0.05) is 54.1 Å². The average Bonchev–Trinajstić information content (AvgIpc) is 3.13. The van der Waals surface area contributed by atoms with E-state index in [1.807, 2.05) is 79.2 Å². The Morgan fingerprint density at radius 2 is 1.67 bits per heavy atom. The molecule has 30 heavy (non-hydrogen) atoms. The molecule has 0 bridgehead atoms. The second kappa shape index (κ2) is 8.46. The van der Waals surface area contributed by atoms with Crippen LogP contribution in [0, 0.1) is 20.8 Å². The van der Waals surface area contributed by atoms with Gasteiger partial charge in [0.2, 0.25) is 5.91 Å². The third-order valence-electron chi connectivity index (χ3n) is 5.27. The number of anilines is 1. The van der Waals surface area contributed by atoms with Crippen molar-refractivity contribution in [3.63, 3.8) is 0 Å². The zero-order valence-corrected chi connectivity index (χ0v) is 17.6. The van der Waals surface area contributed by atoms with Crippen LogP contribution in [0.15, 0.2) is 72.9 Å². The second-order valence-corrected chi connectivity index (χ2v) is 7.73. The summed E-state index contributed by atoms with van der Waals surface area (Å²) in [4.78, 5) is 12.7. The van der Waals surface area contributed by atoms with E-state index in [9.17, 15) is 4.79 Å². The quantitative estimate of drug-likeness (QED) is 0.447. The minimum absolute atomic E-state index is 0.0434. The summed E-state index contributed by atoms with van der Waals surface area (Å²) >= 11 is 0. The Balaban J connectivity index is 1.51. The lowest BCUT2D eigenvalue weighted by Gasteiger charge is -2.14. The molecule has 0 unspecified atom stereocenters. The van der Waals surface area contributed by atoms with E-state index in [1.54, 1.807) is 0 Å². The first kappa shape index (κ1) is 19.8. The molecule has 0 saturated carbocycles. The topological polar surface area (TPSA) is 43.3 Å². The molecule has 0 fully saturated rings. The highest BCUT2D eigenvalue weighted by atomic mass is 16.5. The van der Waals surface area contributed by atoms with Crippen molar-refractivity contribution in [2.45, 2.75) is 33.9 Å². The smallest absolute Gasteiger partial charge is 0.244 e. The Kier molecular flexibility index (Phi) is 5.57. The van der Waals surface area contributed by atoms with Crippen molar-refractivity contribution >= 4 is 22.5 Å². The minimum atomic E-state index is -0.0434. The van der Waals surface area contributed by atoms with Gasteiger partial charge in [0.15, 0.2) is 0 Å². The molecule has 0 aliphatic heterocycles. The molecule has 0 radical (unpaired) electrons. The van der Waals surface area contributed by atoms with Crippen LogP contribution in [-0.4, -0.2) is 10.5 Å². The molecule has 4 aromatic rings. The SMILES string of the molecule is Cc1cc(C)c(NC(=O)Cn2ccc3c(OCc4ccccc4)cccc32)c(C)c1. The van der Waals surface area contributed by atoms with Crippen LogP contribution in [0.5, 0.6) is 5.75 Å². The molecular weight excluding hydrogens is 372 g/mol. The number of fused-ring (bicyclic) bond motifs is 1. The van der Waals surface area contributed by atoms with Gasteiger partial charge in [-0.25, -0.2) is 0 Å². The van der Waals surface area contributed by atoms with E-state index in [0.29, 0.717) is 6.61 Å². The number of nitrogens with one attached hydrogen (secondary N) is 1. The summed E-state index contributed by atoms with van der Waals surface area (Å²) in [6, 6.07) is 22.2. The summed E-state index contributed by atoms with van der Waals surface area (Å²) in [5.74, 6) is 0.777. The highest BCUT2D eigenvalue weighted by Gasteiger charge is 2.12. The Labute approximate surface area is 177 Å². The lowest BCUT2D eigenvalue weighted by Crippen LogP contribution is -2.19. The first-order valence-electron chi connectivity index (χ1n) is 10.1. The number of benzene rings is 3. The summed E-state index contributed by atoms with van der Waals surface area (Å²) < 4.78 is 8.01. The highest BCUT2D eigenvalue weighted by molar-refractivity contribution is 5.94. The second-order valence-electron chi connectivity index (χ2n) is 7.73. The van der Waals surface area contributed by atoms with Gasteiger partial charge in [-0.2, -0.15) is 0 Å². The molecule has 1 amide bonds. The molecule has 1 heterocycles. The number of hydrogen-bond donors (Lipinski definition) is 1. The maximum atomic E-state index is 12.7. The summed E-state index contributed by atoms with van der Waals surface area (Å²) in [6.45, 7) is 6.87. The van der Waals surface area contributed by atoms with Crippen LogP contribution in [0.3, 0.4) is 0 Å². The van der Waals surface area contributed by atoms with Crippen molar-refractivity contribution in [1.82, 2.24) is 4.57 Å². The van der Waals surface area contributed by atoms with E-state index in [4.69, 9.17) is 4.74 Å². The van der Waals surface area contributed by atoms with Gasteiger partial charge in [0.1, 0.15) is 18.9 Å². The Bertz CT molecular complexity index is 1170. The van der Waals surface area contributed by atoms with Crippen molar-refractivity contribution in [2.24, 2.45) is 0 Å². The van der Waals surface area contributed by atoms with Gasteiger partial charge in [0.25, 0.3) is 0 Å². The van der Waals surface area contributed by atoms with Crippen LogP contribution < -0.4 is 10.1 Å². The van der Waals surface area contributed by atoms with Gasteiger partial charge >= 0.3 is 0 Å². The number of carbonyl (C=O) groups is 1. The molecule has 0 aliphatic carbocycles. The summed E-state index contributed by atoms with van der Waals surface area (Å²) in [6.07, 6.45) is 1.94. The molecule has 1 aromatic heterocycles. The molecule has 4 nitrogen and oxygen atoms in total. The highest BCUT2D eigenvalue weighted by Crippen LogP contribution is 2.28. The monoisotopic (exact) mass is 398 g/mol. The predicted octanol–water partition coefficient (Wildman–Crippen LogP) is 5.78. The Hall–Kier alpha value is -3.53. The van der Waals surface area contributed by atoms with Crippen molar-refractivity contribution in [1.29, 1.82) is 0 Å². The number of ether oxygens (including phenoxy) is 1. The average molecular weight is 399 g/mol. The molecule has 1 N–H and O–H groups in total.